The molecule has 1 aromatic rings. The zero-order valence-corrected chi connectivity index (χ0v) is 25.0. The summed E-state index contributed by atoms with van der Waals surface area (Å²) >= 11 is 0. The molecule has 3 aliphatic rings. The first kappa shape index (κ1) is 30.5. The lowest BCUT2D eigenvalue weighted by atomic mass is 9.57. The van der Waals surface area contributed by atoms with E-state index in [1.165, 1.54) is 4.90 Å². The minimum atomic E-state index is -2.66. The van der Waals surface area contributed by atoms with Crippen molar-refractivity contribution in [3.05, 3.63) is 39.7 Å². The van der Waals surface area contributed by atoms with Gasteiger partial charge in [-0.3, -0.25) is 19.3 Å². The van der Waals surface area contributed by atoms with Crippen LogP contribution in [0.25, 0.3) is 5.76 Å². The third-order valence-electron chi connectivity index (χ3n) is 9.12. The largest absolute Gasteiger partial charge is 0.508 e. The Morgan fingerprint density at radius 2 is 1.78 bits per heavy atom. The second-order valence-corrected chi connectivity index (χ2v) is 13.1. The summed E-state index contributed by atoms with van der Waals surface area (Å²) in [7, 11) is 6.88. The molecule has 1 amide bonds. The van der Waals surface area contributed by atoms with Crippen molar-refractivity contribution in [3.8, 4) is 5.75 Å². The van der Waals surface area contributed by atoms with Gasteiger partial charge in [0.1, 0.15) is 22.8 Å². The zero-order valence-electron chi connectivity index (χ0n) is 25.0. The maximum absolute atomic E-state index is 14.0. The number of benzene rings is 1. The van der Waals surface area contributed by atoms with Gasteiger partial charge in [0.05, 0.1) is 11.6 Å². The molecule has 0 aliphatic heterocycles. The molecule has 4 rings (SSSR count). The number of nitrogens with two attached hydrogens (primary N) is 1. The molecule has 0 bridgehead atoms. The summed E-state index contributed by atoms with van der Waals surface area (Å²) in [6.45, 7) is 8.92. The number of rotatable bonds is 6. The number of phenols is 1. The van der Waals surface area contributed by atoms with Crippen LogP contribution in [-0.4, -0.2) is 88.7 Å². The first-order valence-corrected chi connectivity index (χ1v) is 13.8. The van der Waals surface area contributed by atoms with Crippen LogP contribution in [0, 0.1) is 17.3 Å². The number of aliphatic hydroxyl groups is 3. The molecule has 1 saturated carbocycles. The number of primary amides is 1. The highest BCUT2D eigenvalue weighted by Gasteiger charge is 2.64. The van der Waals surface area contributed by atoms with Gasteiger partial charge in [0.25, 0.3) is 5.91 Å². The third kappa shape index (κ3) is 4.60. The van der Waals surface area contributed by atoms with Gasteiger partial charge < -0.3 is 36.4 Å². The number of Topliss-reactive ketones (excluding diaryl/α,β-unsaturated/α-hetero) is 2. The van der Waals surface area contributed by atoms with E-state index >= 15 is 0 Å². The zero-order chi connectivity index (χ0) is 30.9. The summed E-state index contributed by atoms with van der Waals surface area (Å²) in [5.41, 5.74) is 4.05. The Morgan fingerprint density at radius 1 is 1.17 bits per heavy atom. The van der Waals surface area contributed by atoms with Crippen LogP contribution in [0.4, 0.5) is 5.69 Å². The van der Waals surface area contributed by atoms with Crippen molar-refractivity contribution in [2.24, 2.45) is 23.0 Å². The Bertz CT molecular complexity index is 1390. The van der Waals surface area contributed by atoms with Gasteiger partial charge in [0.15, 0.2) is 11.4 Å². The summed E-state index contributed by atoms with van der Waals surface area (Å²) in [6, 6.07) is 0.591. The van der Waals surface area contributed by atoms with Crippen molar-refractivity contribution in [3.63, 3.8) is 0 Å². The fourth-order valence-corrected chi connectivity index (χ4v) is 6.63. The molecule has 0 spiro atoms. The first-order valence-electron chi connectivity index (χ1n) is 13.8. The van der Waals surface area contributed by atoms with Crippen LogP contribution in [0.15, 0.2) is 23.0 Å². The molecule has 7 N–H and O–H groups in total. The summed E-state index contributed by atoms with van der Waals surface area (Å²) in [4.78, 5) is 42.8. The lowest BCUT2D eigenvalue weighted by molar-refractivity contribution is -0.153. The number of fused-ring (bicyclic) bond motifs is 3. The molecule has 11 nitrogen and oxygen atoms in total. The van der Waals surface area contributed by atoms with E-state index in [1.807, 2.05) is 19.0 Å². The maximum atomic E-state index is 14.0. The van der Waals surface area contributed by atoms with Gasteiger partial charge >= 0.3 is 0 Å². The van der Waals surface area contributed by atoms with E-state index in [1.54, 1.807) is 20.2 Å². The Morgan fingerprint density at radius 3 is 2.29 bits per heavy atom. The first-order chi connectivity index (χ1) is 18.8. The van der Waals surface area contributed by atoms with Crippen LogP contribution >= 0.6 is 0 Å². The predicted octanol–water partition coefficient (Wildman–Crippen LogP) is 1.55. The van der Waals surface area contributed by atoms with Crippen LogP contribution in [0.5, 0.6) is 5.75 Å². The number of nitrogens with one attached hydrogen (secondary N) is 1. The molecule has 1 fully saturated rings. The number of hydrogen-bond acceptors (Lipinski definition) is 10. The van der Waals surface area contributed by atoms with E-state index in [-0.39, 0.29) is 41.2 Å². The minimum absolute atomic E-state index is 0.00150. The second-order valence-electron chi connectivity index (χ2n) is 13.1. The molecule has 0 unspecified atom stereocenters. The molecule has 0 saturated heterocycles. The van der Waals surface area contributed by atoms with Gasteiger partial charge in [-0.05, 0) is 62.4 Å². The van der Waals surface area contributed by atoms with Crippen molar-refractivity contribution >= 4 is 28.9 Å². The molecule has 1 aromatic carbocycles. The van der Waals surface area contributed by atoms with Gasteiger partial charge in [-0.2, -0.15) is 0 Å². The van der Waals surface area contributed by atoms with Crippen LogP contribution in [0.2, 0.25) is 0 Å². The highest BCUT2D eigenvalue weighted by Crippen LogP contribution is 2.54. The van der Waals surface area contributed by atoms with Crippen molar-refractivity contribution in [2.45, 2.75) is 64.8 Å². The molecule has 0 heterocycles. The molecule has 0 radical (unpaired) electrons. The summed E-state index contributed by atoms with van der Waals surface area (Å²) < 4.78 is 0. The molecule has 224 valence electrons. The number of phenolic OH excluding ortho intramolecular Hbond substituents is 1. The molecular formula is C30H42N4O7. The van der Waals surface area contributed by atoms with Crippen molar-refractivity contribution < 1.29 is 34.8 Å². The van der Waals surface area contributed by atoms with E-state index in [0.29, 0.717) is 12.1 Å². The monoisotopic (exact) mass is 570 g/mol. The van der Waals surface area contributed by atoms with E-state index in [9.17, 15) is 34.8 Å². The Hall–Kier alpha value is -3.41. The van der Waals surface area contributed by atoms with Crippen molar-refractivity contribution in [2.75, 3.05) is 33.1 Å². The summed E-state index contributed by atoms with van der Waals surface area (Å²) in [5.74, 6) is -6.62. The summed E-state index contributed by atoms with van der Waals surface area (Å²) in [5, 5.41) is 48.9. The molecule has 0 aromatic heterocycles. The van der Waals surface area contributed by atoms with Crippen LogP contribution in [-0.2, 0) is 27.3 Å². The van der Waals surface area contributed by atoms with E-state index in [4.69, 9.17) is 5.73 Å². The topological polar surface area (TPSA) is 177 Å². The number of ketones is 2. The van der Waals surface area contributed by atoms with Crippen molar-refractivity contribution in [1.29, 1.82) is 0 Å². The Kier molecular flexibility index (Phi) is 7.56. The van der Waals surface area contributed by atoms with E-state index in [2.05, 4.69) is 33.0 Å². The van der Waals surface area contributed by atoms with Crippen LogP contribution in [0.1, 0.15) is 50.8 Å². The van der Waals surface area contributed by atoms with Gasteiger partial charge in [0, 0.05) is 43.9 Å². The number of carbonyl (C=O) groups excluding carboxylic acids is 3. The number of hydrogen-bond donors (Lipinski definition) is 6. The van der Waals surface area contributed by atoms with Crippen molar-refractivity contribution in [1.82, 2.24) is 10.2 Å². The number of likely N-dealkylation sites (N-methyl/N-ethyl adjacent to an activating group) is 1. The summed E-state index contributed by atoms with van der Waals surface area (Å²) in [6.07, 6.45) is 0.279. The minimum Gasteiger partial charge on any atom is -0.508 e. The molecule has 5 atom stereocenters. The predicted molar refractivity (Wildman–Crippen MR) is 154 cm³/mol. The average molecular weight is 571 g/mol. The Balaban J connectivity index is 1.90. The van der Waals surface area contributed by atoms with E-state index in [0.717, 1.165) is 11.3 Å². The fourth-order valence-electron chi connectivity index (χ4n) is 6.63. The third-order valence-corrected chi connectivity index (χ3v) is 9.12. The highest BCUT2D eigenvalue weighted by atomic mass is 16.3. The fraction of sp³-hybridized carbons (Fsp3) is 0.567. The lowest BCUT2D eigenvalue weighted by Crippen LogP contribution is -2.65. The quantitative estimate of drug-likeness (QED) is 0.275. The van der Waals surface area contributed by atoms with Crippen LogP contribution < -0.4 is 16.0 Å². The average Bonchev–Trinajstić information content (AvgIpc) is 2.83. The number of nitrogens with zero attached hydrogens (tertiary/aromatic N) is 2. The van der Waals surface area contributed by atoms with Gasteiger partial charge in [0.2, 0.25) is 5.78 Å². The number of anilines is 1. The highest BCUT2D eigenvalue weighted by molar-refractivity contribution is 6.24. The lowest BCUT2D eigenvalue weighted by Gasteiger charge is -2.50. The standard InChI is InChI=1S/C30H42N4O7/c1-13(29(2,3)4)32-12-15-11-18(35)20-16(22(15)33(5)6)9-14-10-17-23(34(7)8)25(37)21(28(31)40)27(39)30(17,41)26(38)19(14)24(20)36/h11,13-14,17,23,32,35-36,39,41H,9-10,12H2,1-8H3,(H2,31,40)/t13-,14+,17+,23+,30+/m1/s1. The van der Waals surface area contributed by atoms with E-state index < -0.39 is 58.0 Å². The number of amides is 1. The number of aromatic hydroxyl groups is 1. The van der Waals surface area contributed by atoms with Gasteiger partial charge in [-0.15, -0.1) is 0 Å². The van der Waals surface area contributed by atoms with Crippen LogP contribution in [0.3, 0.4) is 0 Å². The maximum Gasteiger partial charge on any atom is 0.255 e. The smallest absolute Gasteiger partial charge is 0.255 e. The second kappa shape index (κ2) is 10.1. The van der Waals surface area contributed by atoms with Gasteiger partial charge in [-0.1, -0.05) is 20.8 Å². The normalized spacial score (nSPS) is 27.0. The number of aliphatic hydroxyl groups excluding tert-OH is 2. The Labute approximate surface area is 240 Å². The van der Waals surface area contributed by atoms with Gasteiger partial charge in [-0.25, -0.2) is 0 Å². The molecular weight excluding hydrogens is 528 g/mol. The molecule has 41 heavy (non-hydrogen) atoms. The molecule has 3 aliphatic carbocycles. The number of carbonyl (C=O) groups is 3. The SMILES string of the molecule is C[C@@H](NCc1cc(O)c2c(c1N(C)C)C[C@H]1C[C@H]3[C@H](N(C)C)C(=O)C(C(N)=O)=C(O)[C@@]3(O)C(=O)C1=C2O)C(C)(C)C. The molecule has 11 heteroatoms.